The summed E-state index contributed by atoms with van der Waals surface area (Å²) in [5.74, 6) is -0.571. The summed E-state index contributed by atoms with van der Waals surface area (Å²) in [5.41, 5.74) is 0.431. The van der Waals surface area contributed by atoms with Gasteiger partial charge in [-0.3, -0.25) is 19.5 Å². The molecule has 0 aliphatic heterocycles. The minimum Gasteiger partial charge on any atom is -0.444 e. The van der Waals surface area contributed by atoms with E-state index in [2.05, 4.69) is 37.0 Å². The fourth-order valence-electron chi connectivity index (χ4n) is 5.53. The second kappa shape index (κ2) is 15.9. The number of carbonyl (C=O) groups is 4. The molecule has 1 aromatic heterocycles. The molecule has 264 valence electrons. The number of hydrogen-bond donors (Lipinski definition) is 4. The van der Waals surface area contributed by atoms with E-state index in [1.54, 1.807) is 45.0 Å². The van der Waals surface area contributed by atoms with Crippen molar-refractivity contribution in [1.29, 1.82) is 0 Å². The van der Waals surface area contributed by atoms with Crippen LogP contribution in [0.2, 0.25) is 0 Å². The molecule has 3 aromatic rings. The number of hydrogen-bond acceptors (Lipinski definition) is 7. The van der Waals surface area contributed by atoms with E-state index in [-0.39, 0.29) is 30.1 Å². The van der Waals surface area contributed by atoms with E-state index in [1.165, 1.54) is 6.07 Å². The van der Waals surface area contributed by atoms with Crippen LogP contribution in [-0.4, -0.2) is 57.6 Å². The number of halogens is 1. The lowest BCUT2D eigenvalue weighted by molar-refractivity contribution is -0.130. The van der Waals surface area contributed by atoms with Crippen molar-refractivity contribution in [3.63, 3.8) is 0 Å². The number of nitrogens with one attached hydrogen (secondary N) is 4. The molecule has 1 heterocycles. The van der Waals surface area contributed by atoms with Gasteiger partial charge in [-0.2, -0.15) is 4.68 Å². The maximum Gasteiger partial charge on any atom is 0.434 e. The van der Waals surface area contributed by atoms with E-state index < -0.39 is 35.0 Å². The topological polar surface area (TPSA) is 161 Å². The number of anilines is 1. The number of nitrogens with zero attached hydrogens (tertiary/aromatic N) is 1. The molecule has 49 heavy (non-hydrogen) atoms. The van der Waals surface area contributed by atoms with Crippen LogP contribution >= 0.6 is 15.9 Å². The summed E-state index contributed by atoms with van der Waals surface area (Å²) in [6, 6.07) is 14.7. The van der Waals surface area contributed by atoms with Gasteiger partial charge in [0.1, 0.15) is 17.2 Å². The first-order valence-electron chi connectivity index (χ1n) is 16.4. The van der Waals surface area contributed by atoms with Crippen LogP contribution in [0.15, 0.2) is 63.9 Å². The van der Waals surface area contributed by atoms with E-state index in [0.717, 1.165) is 27.6 Å². The maximum atomic E-state index is 13.6. The highest BCUT2D eigenvalue weighted by Gasteiger charge is 2.30. The fraction of sp³-hybridized carbons (Fsp3) is 0.472. The molecule has 12 nitrogen and oxygen atoms in total. The highest BCUT2D eigenvalue weighted by atomic mass is 79.9. The Morgan fingerprint density at radius 1 is 0.898 bits per heavy atom. The molecule has 1 aliphatic carbocycles. The summed E-state index contributed by atoms with van der Waals surface area (Å²) in [4.78, 5) is 64.0. The van der Waals surface area contributed by atoms with Crippen LogP contribution in [0.25, 0.3) is 11.3 Å². The van der Waals surface area contributed by atoms with Crippen LogP contribution in [0.4, 0.5) is 15.3 Å². The Morgan fingerprint density at radius 3 is 2.10 bits per heavy atom. The van der Waals surface area contributed by atoms with Crippen LogP contribution in [0, 0.1) is 11.8 Å². The van der Waals surface area contributed by atoms with Crippen molar-refractivity contribution in [3.05, 3.63) is 75.0 Å². The summed E-state index contributed by atoms with van der Waals surface area (Å²) in [6.07, 6.45) is 1.94. The molecule has 0 saturated heterocycles. The number of H-pyrrole nitrogens is 1. The Bertz CT molecular complexity index is 1680. The number of alkyl carbamates (subject to hydrolysis) is 1. The number of amides is 3. The summed E-state index contributed by atoms with van der Waals surface area (Å²) >= 11 is 3.44. The highest BCUT2D eigenvalue weighted by molar-refractivity contribution is 9.10. The number of carbonyl (C=O) groups excluding carboxylic acids is 4. The minimum absolute atomic E-state index is 0.182. The SMILES string of the molecule is CC(C)(C)OC(=O)NC[C@H]1CC[C@H](C(=O)N[C@@H](Cc2ccc(Br)cc2)C(=O)Nc2ccc(-c3cc(=O)[nH]n3C(=O)OC(C)(C)C)cc2)CC1. The lowest BCUT2D eigenvalue weighted by atomic mass is 9.81. The van der Waals surface area contributed by atoms with Crippen LogP contribution in [0.3, 0.4) is 0 Å². The number of benzene rings is 2. The van der Waals surface area contributed by atoms with Gasteiger partial charge in [-0.15, -0.1) is 0 Å². The first kappa shape index (κ1) is 37.4. The summed E-state index contributed by atoms with van der Waals surface area (Å²) in [7, 11) is 0. The third-order valence-electron chi connectivity index (χ3n) is 7.89. The van der Waals surface area contributed by atoms with Crippen LogP contribution in [-0.2, 0) is 25.5 Å². The smallest absolute Gasteiger partial charge is 0.434 e. The molecule has 1 saturated carbocycles. The Kier molecular flexibility index (Phi) is 12.1. The van der Waals surface area contributed by atoms with E-state index in [1.807, 2.05) is 45.0 Å². The van der Waals surface area contributed by atoms with Gasteiger partial charge in [0, 0.05) is 40.7 Å². The zero-order valence-electron chi connectivity index (χ0n) is 28.9. The molecule has 1 aliphatic rings. The minimum atomic E-state index is -0.845. The summed E-state index contributed by atoms with van der Waals surface area (Å²) in [5, 5.41) is 11.2. The van der Waals surface area contributed by atoms with Gasteiger partial charge in [0.05, 0.1) is 5.69 Å². The Labute approximate surface area is 294 Å². The van der Waals surface area contributed by atoms with Crippen LogP contribution in [0.5, 0.6) is 0 Å². The molecule has 1 atom stereocenters. The first-order valence-corrected chi connectivity index (χ1v) is 17.2. The summed E-state index contributed by atoms with van der Waals surface area (Å²) < 4.78 is 12.7. The van der Waals surface area contributed by atoms with E-state index in [9.17, 15) is 24.0 Å². The van der Waals surface area contributed by atoms with Gasteiger partial charge >= 0.3 is 12.2 Å². The van der Waals surface area contributed by atoms with Crippen molar-refractivity contribution < 1.29 is 28.7 Å². The number of ether oxygens (including phenoxy) is 2. The third kappa shape index (κ3) is 11.6. The van der Waals surface area contributed by atoms with Crippen molar-refractivity contribution in [2.24, 2.45) is 11.8 Å². The van der Waals surface area contributed by atoms with Gasteiger partial charge in [-0.05, 0) is 103 Å². The molecule has 0 bridgehead atoms. The molecule has 4 rings (SSSR count). The van der Waals surface area contributed by atoms with Gasteiger partial charge in [0.15, 0.2) is 0 Å². The Balaban J connectivity index is 1.41. The van der Waals surface area contributed by atoms with Crippen molar-refractivity contribution in [2.75, 3.05) is 11.9 Å². The van der Waals surface area contributed by atoms with Gasteiger partial charge in [-0.25, -0.2) is 9.59 Å². The summed E-state index contributed by atoms with van der Waals surface area (Å²) in [6.45, 7) is 11.1. The van der Waals surface area contributed by atoms with Gasteiger partial charge in [0.25, 0.3) is 5.56 Å². The predicted octanol–water partition coefficient (Wildman–Crippen LogP) is 6.39. The lowest BCUT2D eigenvalue weighted by Crippen LogP contribution is -2.48. The first-order chi connectivity index (χ1) is 23.0. The van der Waals surface area contributed by atoms with E-state index >= 15 is 0 Å². The number of aromatic nitrogens is 2. The molecule has 2 aromatic carbocycles. The molecule has 4 N–H and O–H groups in total. The molecule has 1 fully saturated rings. The number of aromatic amines is 1. The quantitative estimate of drug-likeness (QED) is 0.198. The highest BCUT2D eigenvalue weighted by Crippen LogP contribution is 2.29. The molecule has 13 heteroatoms. The molecular weight excluding hydrogens is 694 g/mol. The van der Waals surface area contributed by atoms with Gasteiger partial charge in [-0.1, -0.05) is 40.2 Å². The predicted molar refractivity (Wildman–Crippen MR) is 190 cm³/mol. The zero-order chi connectivity index (χ0) is 35.9. The molecule has 0 unspecified atom stereocenters. The second-order valence-electron chi connectivity index (χ2n) is 14.4. The van der Waals surface area contributed by atoms with E-state index in [4.69, 9.17) is 9.47 Å². The van der Waals surface area contributed by atoms with Crippen molar-refractivity contribution in [1.82, 2.24) is 20.4 Å². The molecular formula is C36H46BrN5O7. The molecule has 3 amide bonds. The van der Waals surface area contributed by atoms with Crippen LogP contribution in [0.1, 0.15) is 72.8 Å². The standard InChI is InChI=1S/C36H46BrN5O7/c1-35(2,3)48-33(46)38-21-23-7-11-25(12-8-23)31(44)40-28(19-22-9-15-26(37)16-10-22)32(45)39-27-17-13-24(14-18-27)29-20-30(43)41-42(29)34(47)49-36(4,5)6/h9-10,13-18,20,23,25,28H,7-8,11-12,19,21H2,1-6H3,(H,38,46)(H,39,45)(H,40,44)(H,41,43)/t23-,25-,28-/m0/s1. The maximum absolute atomic E-state index is 13.6. The largest absolute Gasteiger partial charge is 0.444 e. The monoisotopic (exact) mass is 739 g/mol. The second-order valence-corrected chi connectivity index (χ2v) is 15.3. The van der Waals surface area contributed by atoms with E-state index in [0.29, 0.717) is 36.3 Å². The van der Waals surface area contributed by atoms with Crippen molar-refractivity contribution in [2.45, 2.75) is 90.9 Å². The fourth-order valence-corrected chi connectivity index (χ4v) is 5.80. The molecule has 0 radical (unpaired) electrons. The lowest BCUT2D eigenvalue weighted by Gasteiger charge is -2.29. The van der Waals surface area contributed by atoms with Gasteiger partial charge < -0.3 is 25.4 Å². The Morgan fingerprint density at radius 2 is 1.51 bits per heavy atom. The van der Waals surface area contributed by atoms with Crippen molar-refractivity contribution in [3.8, 4) is 11.3 Å². The van der Waals surface area contributed by atoms with Crippen LogP contribution < -0.4 is 21.5 Å². The van der Waals surface area contributed by atoms with Crippen molar-refractivity contribution >= 4 is 45.6 Å². The average molecular weight is 741 g/mol. The normalized spacial score (nSPS) is 17.0. The zero-order valence-corrected chi connectivity index (χ0v) is 30.4. The number of rotatable bonds is 9. The Hall–Kier alpha value is -4.39. The average Bonchev–Trinajstić information content (AvgIpc) is 3.41. The molecule has 0 spiro atoms. The van der Waals surface area contributed by atoms with Gasteiger partial charge in [0.2, 0.25) is 11.8 Å². The third-order valence-corrected chi connectivity index (χ3v) is 8.42.